The first-order valence-corrected chi connectivity index (χ1v) is 5.92. The molecule has 0 spiro atoms. The maximum absolute atomic E-state index is 9.99. The maximum Gasteiger partial charge on any atom is 0.231 e. The predicted molar refractivity (Wildman–Crippen MR) is 72.4 cm³/mol. The number of aryl methyl sites for hydroxylation is 1. The number of aromatic nitrogens is 1. The fraction of sp³-hybridized carbons (Fsp3) is 0.133. The zero-order chi connectivity index (χ0) is 13.4. The van der Waals surface area contributed by atoms with Gasteiger partial charge in [-0.2, -0.15) is 0 Å². The Bertz CT molecular complexity index is 746. The summed E-state index contributed by atoms with van der Waals surface area (Å²) in [5.41, 5.74) is 3.12. The second-order valence-corrected chi connectivity index (χ2v) is 4.32. The number of benzene rings is 2. The number of nitrogens with zero attached hydrogens (tertiary/aromatic N) is 1. The summed E-state index contributed by atoms with van der Waals surface area (Å²) in [6.45, 7) is 1.97. The van der Waals surface area contributed by atoms with Crippen LogP contribution in [0.2, 0.25) is 0 Å². The summed E-state index contributed by atoms with van der Waals surface area (Å²) in [4.78, 5) is 4.43. The van der Waals surface area contributed by atoms with Crippen LogP contribution in [0.4, 0.5) is 0 Å². The van der Waals surface area contributed by atoms with Gasteiger partial charge in [0.25, 0.3) is 0 Å². The van der Waals surface area contributed by atoms with E-state index in [1.165, 1.54) is 6.07 Å². The number of hydrogen-bond donors (Lipinski definition) is 1. The fourth-order valence-electron chi connectivity index (χ4n) is 2.02. The molecule has 0 aliphatic carbocycles. The Kier molecular flexibility index (Phi) is 2.63. The lowest BCUT2D eigenvalue weighted by Gasteiger charge is -2.03. The molecular weight excluding hydrogens is 242 g/mol. The van der Waals surface area contributed by atoms with E-state index in [2.05, 4.69) is 4.98 Å². The Labute approximate surface area is 110 Å². The quantitative estimate of drug-likeness (QED) is 0.761. The summed E-state index contributed by atoms with van der Waals surface area (Å²) < 4.78 is 10.7. The van der Waals surface area contributed by atoms with Gasteiger partial charge in [-0.05, 0) is 30.7 Å². The number of aromatic hydroxyl groups is 1. The van der Waals surface area contributed by atoms with Gasteiger partial charge in [-0.3, -0.25) is 0 Å². The lowest BCUT2D eigenvalue weighted by atomic mass is 10.2. The first-order chi connectivity index (χ1) is 9.19. The molecule has 1 N–H and O–H groups in total. The van der Waals surface area contributed by atoms with Gasteiger partial charge in [-0.1, -0.05) is 12.1 Å². The van der Waals surface area contributed by atoms with Gasteiger partial charge in [0.1, 0.15) is 17.0 Å². The van der Waals surface area contributed by atoms with E-state index >= 15 is 0 Å². The molecular formula is C15H13NO3. The van der Waals surface area contributed by atoms with Crippen molar-refractivity contribution in [2.24, 2.45) is 0 Å². The van der Waals surface area contributed by atoms with Crippen LogP contribution in [0.1, 0.15) is 5.56 Å². The molecule has 0 radical (unpaired) electrons. The number of oxazole rings is 1. The third kappa shape index (κ3) is 1.91. The highest BCUT2D eigenvalue weighted by Crippen LogP contribution is 2.34. The molecule has 0 unspecified atom stereocenters. The van der Waals surface area contributed by atoms with Crippen molar-refractivity contribution in [2.75, 3.05) is 7.11 Å². The Hall–Kier alpha value is -2.49. The zero-order valence-corrected chi connectivity index (χ0v) is 10.7. The van der Waals surface area contributed by atoms with Crippen LogP contribution >= 0.6 is 0 Å². The molecule has 0 aliphatic heterocycles. The SMILES string of the molecule is COc1ccc(-c2nc3c(C)cccc3o2)c(O)c1. The van der Waals surface area contributed by atoms with E-state index < -0.39 is 0 Å². The number of para-hydroxylation sites is 1. The number of methoxy groups -OCH3 is 1. The van der Waals surface area contributed by atoms with Crippen molar-refractivity contribution in [3.05, 3.63) is 42.0 Å². The number of fused-ring (bicyclic) bond motifs is 1. The minimum atomic E-state index is 0.0866. The molecule has 1 aromatic heterocycles. The van der Waals surface area contributed by atoms with Gasteiger partial charge >= 0.3 is 0 Å². The smallest absolute Gasteiger partial charge is 0.231 e. The summed E-state index contributed by atoms with van der Waals surface area (Å²) in [6, 6.07) is 10.8. The Morgan fingerprint density at radius 3 is 2.74 bits per heavy atom. The predicted octanol–water partition coefficient (Wildman–Crippen LogP) is 3.52. The van der Waals surface area contributed by atoms with E-state index in [0.717, 1.165) is 11.1 Å². The normalized spacial score (nSPS) is 10.8. The molecule has 4 heteroatoms. The lowest BCUT2D eigenvalue weighted by molar-refractivity contribution is 0.407. The molecule has 2 aromatic carbocycles. The second-order valence-electron chi connectivity index (χ2n) is 4.32. The molecule has 3 aromatic rings. The van der Waals surface area contributed by atoms with Gasteiger partial charge in [-0.15, -0.1) is 0 Å². The average molecular weight is 255 g/mol. The van der Waals surface area contributed by atoms with Crippen molar-refractivity contribution in [2.45, 2.75) is 6.92 Å². The molecule has 0 fully saturated rings. The molecule has 1 heterocycles. The van der Waals surface area contributed by atoms with Gasteiger partial charge in [0.2, 0.25) is 5.89 Å². The third-order valence-corrected chi connectivity index (χ3v) is 3.06. The van der Waals surface area contributed by atoms with Crippen molar-refractivity contribution < 1.29 is 14.3 Å². The largest absolute Gasteiger partial charge is 0.507 e. The minimum Gasteiger partial charge on any atom is -0.507 e. The van der Waals surface area contributed by atoms with Crippen LogP contribution in [0.3, 0.4) is 0 Å². The van der Waals surface area contributed by atoms with E-state index in [4.69, 9.17) is 9.15 Å². The van der Waals surface area contributed by atoms with Crippen LogP contribution < -0.4 is 4.74 Å². The van der Waals surface area contributed by atoms with Crippen LogP contribution in [0, 0.1) is 6.92 Å². The maximum atomic E-state index is 9.99. The highest BCUT2D eigenvalue weighted by atomic mass is 16.5. The number of hydrogen-bond acceptors (Lipinski definition) is 4. The Morgan fingerprint density at radius 1 is 1.21 bits per heavy atom. The van der Waals surface area contributed by atoms with E-state index in [1.54, 1.807) is 19.2 Å². The molecule has 19 heavy (non-hydrogen) atoms. The van der Waals surface area contributed by atoms with Crippen LogP contribution in [-0.4, -0.2) is 17.2 Å². The molecule has 4 nitrogen and oxygen atoms in total. The fourth-order valence-corrected chi connectivity index (χ4v) is 2.02. The minimum absolute atomic E-state index is 0.0866. The summed E-state index contributed by atoms with van der Waals surface area (Å²) in [7, 11) is 1.55. The van der Waals surface area contributed by atoms with Crippen molar-refractivity contribution in [1.29, 1.82) is 0 Å². The number of phenols is 1. The third-order valence-electron chi connectivity index (χ3n) is 3.06. The van der Waals surface area contributed by atoms with Crippen molar-refractivity contribution in [3.63, 3.8) is 0 Å². The summed E-state index contributed by atoms with van der Waals surface area (Å²) in [5.74, 6) is 1.08. The molecule has 0 saturated carbocycles. The molecule has 0 saturated heterocycles. The number of phenolic OH excluding ortho intramolecular Hbond substituents is 1. The lowest BCUT2D eigenvalue weighted by Crippen LogP contribution is -1.84. The zero-order valence-electron chi connectivity index (χ0n) is 10.7. The molecule has 0 amide bonds. The van der Waals surface area contributed by atoms with Crippen LogP contribution in [0.5, 0.6) is 11.5 Å². The van der Waals surface area contributed by atoms with Crippen LogP contribution in [0.25, 0.3) is 22.6 Å². The van der Waals surface area contributed by atoms with E-state index in [9.17, 15) is 5.11 Å². The monoisotopic (exact) mass is 255 g/mol. The molecule has 96 valence electrons. The molecule has 3 rings (SSSR count). The summed E-state index contributed by atoms with van der Waals surface area (Å²) >= 11 is 0. The van der Waals surface area contributed by atoms with E-state index in [0.29, 0.717) is 22.8 Å². The van der Waals surface area contributed by atoms with Gasteiger partial charge in [0, 0.05) is 6.07 Å². The van der Waals surface area contributed by atoms with Crippen LogP contribution in [-0.2, 0) is 0 Å². The molecule has 0 bridgehead atoms. The summed E-state index contributed by atoms with van der Waals surface area (Å²) in [5, 5.41) is 9.99. The topological polar surface area (TPSA) is 55.5 Å². The number of rotatable bonds is 2. The Balaban J connectivity index is 2.16. The van der Waals surface area contributed by atoms with E-state index in [-0.39, 0.29) is 5.75 Å². The molecule has 0 aliphatic rings. The number of ether oxygens (including phenoxy) is 1. The second kappa shape index (κ2) is 4.31. The standard InChI is InChI=1S/C15H13NO3/c1-9-4-3-5-13-14(9)16-15(19-13)11-7-6-10(18-2)8-12(11)17/h3-8,17H,1-2H3. The van der Waals surface area contributed by atoms with Crippen molar-refractivity contribution in [3.8, 4) is 23.0 Å². The highest BCUT2D eigenvalue weighted by Gasteiger charge is 2.13. The van der Waals surface area contributed by atoms with Gasteiger partial charge in [-0.25, -0.2) is 4.98 Å². The van der Waals surface area contributed by atoms with Crippen LogP contribution in [0.15, 0.2) is 40.8 Å². The molecule has 0 atom stereocenters. The highest BCUT2D eigenvalue weighted by molar-refractivity contribution is 5.80. The average Bonchev–Trinajstić information content (AvgIpc) is 2.83. The van der Waals surface area contributed by atoms with Gasteiger partial charge in [0.05, 0.1) is 12.7 Å². The van der Waals surface area contributed by atoms with Gasteiger partial charge < -0.3 is 14.3 Å². The van der Waals surface area contributed by atoms with Crippen molar-refractivity contribution in [1.82, 2.24) is 4.98 Å². The first kappa shape index (κ1) is 11.6. The summed E-state index contributed by atoms with van der Waals surface area (Å²) in [6.07, 6.45) is 0. The first-order valence-electron chi connectivity index (χ1n) is 5.92. The van der Waals surface area contributed by atoms with Gasteiger partial charge in [0.15, 0.2) is 5.58 Å². The van der Waals surface area contributed by atoms with E-state index in [1.807, 2.05) is 25.1 Å². The Morgan fingerprint density at radius 2 is 2.05 bits per heavy atom. The van der Waals surface area contributed by atoms with Crippen molar-refractivity contribution >= 4 is 11.1 Å².